The molecule has 2 aromatic heterocycles. The number of rotatable bonds is 3. The molecular formula is C10H12N4S. The van der Waals surface area contributed by atoms with Crippen LogP contribution in [0.3, 0.4) is 0 Å². The van der Waals surface area contributed by atoms with Gasteiger partial charge in [0.15, 0.2) is 5.16 Å². The quantitative estimate of drug-likeness (QED) is 0.830. The van der Waals surface area contributed by atoms with Crippen molar-refractivity contribution in [2.45, 2.75) is 23.1 Å². The van der Waals surface area contributed by atoms with Gasteiger partial charge in [0.25, 0.3) is 0 Å². The number of hydrogen-bond acceptors (Lipinski definition) is 4. The Bertz CT molecular complexity index is 425. The maximum absolute atomic E-state index is 5.86. The number of imidazole rings is 1. The Morgan fingerprint density at radius 1 is 1.40 bits per heavy atom. The molecule has 1 atom stereocenters. The fourth-order valence-corrected chi connectivity index (χ4v) is 2.14. The van der Waals surface area contributed by atoms with Crippen molar-refractivity contribution in [2.75, 3.05) is 0 Å². The summed E-state index contributed by atoms with van der Waals surface area (Å²) in [4.78, 5) is 11.5. The van der Waals surface area contributed by atoms with E-state index >= 15 is 0 Å². The van der Waals surface area contributed by atoms with E-state index in [1.165, 1.54) is 11.8 Å². The summed E-state index contributed by atoms with van der Waals surface area (Å²) >= 11 is 1.49. The van der Waals surface area contributed by atoms with E-state index in [-0.39, 0.29) is 6.04 Å². The third-order valence-corrected chi connectivity index (χ3v) is 2.91. The highest BCUT2D eigenvalue weighted by Gasteiger charge is 2.09. The number of nitrogens with zero attached hydrogens (tertiary/aromatic N) is 2. The van der Waals surface area contributed by atoms with Gasteiger partial charge in [0.05, 0.1) is 0 Å². The molecule has 5 heteroatoms. The molecule has 0 radical (unpaired) electrons. The number of nitrogens with two attached hydrogens (primary N) is 1. The van der Waals surface area contributed by atoms with Crippen LogP contribution in [0.25, 0.3) is 0 Å². The Morgan fingerprint density at radius 2 is 2.27 bits per heavy atom. The molecule has 0 aliphatic rings. The summed E-state index contributed by atoms with van der Waals surface area (Å²) in [5, 5.41) is 1.73. The summed E-state index contributed by atoms with van der Waals surface area (Å²) in [6.07, 6.45) is 5.27. The normalized spacial score (nSPS) is 12.7. The van der Waals surface area contributed by atoms with E-state index in [1.54, 1.807) is 18.6 Å². The first-order valence-electron chi connectivity index (χ1n) is 4.65. The maximum Gasteiger partial charge on any atom is 0.171 e. The first kappa shape index (κ1) is 10.2. The van der Waals surface area contributed by atoms with Crippen molar-refractivity contribution in [3.05, 3.63) is 36.3 Å². The van der Waals surface area contributed by atoms with E-state index in [4.69, 9.17) is 5.73 Å². The van der Waals surface area contributed by atoms with Crippen LogP contribution in [-0.4, -0.2) is 15.0 Å². The van der Waals surface area contributed by atoms with Gasteiger partial charge in [-0.05, 0) is 24.8 Å². The van der Waals surface area contributed by atoms with E-state index in [1.807, 2.05) is 19.1 Å². The van der Waals surface area contributed by atoms with Gasteiger partial charge >= 0.3 is 0 Å². The third kappa shape index (κ3) is 2.37. The van der Waals surface area contributed by atoms with E-state index in [0.29, 0.717) is 0 Å². The SMILES string of the molecule is C[C@H](N)c1cccnc1Sc1ncc[nH]1. The van der Waals surface area contributed by atoms with Crippen molar-refractivity contribution in [3.8, 4) is 0 Å². The molecule has 2 rings (SSSR count). The highest BCUT2D eigenvalue weighted by atomic mass is 32.2. The van der Waals surface area contributed by atoms with Gasteiger partial charge in [-0.1, -0.05) is 6.07 Å². The molecular weight excluding hydrogens is 208 g/mol. The minimum atomic E-state index is -0.0174. The standard InChI is InChI=1S/C10H12N4S/c1-7(11)8-3-2-4-12-9(8)15-10-13-5-6-14-10/h2-7H,11H2,1H3,(H,13,14)/t7-/m0/s1. The lowest BCUT2D eigenvalue weighted by atomic mass is 10.2. The van der Waals surface area contributed by atoms with Gasteiger partial charge in [-0.15, -0.1) is 0 Å². The molecule has 4 nitrogen and oxygen atoms in total. The molecule has 78 valence electrons. The molecule has 0 aromatic carbocycles. The fourth-order valence-electron chi connectivity index (χ4n) is 1.23. The van der Waals surface area contributed by atoms with Crippen molar-refractivity contribution in [1.29, 1.82) is 0 Å². The summed E-state index contributed by atoms with van der Waals surface area (Å²) in [7, 11) is 0. The maximum atomic E-state index is 5.86. The minimum absolute atomic E-state index is 0.0174. The Morgan fingerprint density at radius 3 is 2.93 bits per heavy atom. The highest BCUT2D eigenvalue weighted by Crippen LogP contribution is 2.28. The summed E-state index contributed by atoms with van der Waals surface area (Å²) in [5.74, 6) is 0. The second kappa shape index (κ2) is 4.46. The van der Waals surface area contributed by atoms with Crippen molar-refractivity contribution >= 4 is 11.8 Å². The lowest BCUT2D eigenvalue weighted by molar-refractivity contribution is 0.778. The average molecular weight is 220 g/mol. The van der Waals surface area contributed by atoms with Crippen LogP contribution < -0.4 is 5.73 Å². The molecule has 15 heavy (non-hydrogen) atoms. The topological polar surface area (TPSA) is 67.6 Å². The van der Waals surface area contributed by atoms with E-state index in [9.17, 15) is 0 Å². The molecule has 0 aliphatic heterocycles. The van der Waals surface area contributed by atoms with Gasteiger partial charge < -0.3 is 10.7 Å². The Balaban J connectivity index is 2.28. The van der Waals surface area contributed by atoms with E-state index in [2.05, 4.69) is 15.0 Å². The number of hydrogen-bond donors (Lipinski definition) is 2. The van der Waals surface area contributed by atoms with Gasteiger partial charge in [-0.3, -0.25) is 0 Å². The van der Waals surface area contributed by atoms with Crippen LogP contribution >= 0.6 is 11.8 Å². The van der Waals surface area contributed by atoms with Crippen LogP contribution in [0.15, 0.2) is 40.9 Å². The fraction of sp³-hybridized carbons (Fsp3) is 0.200. The zero-order valence-corrected chi connectivity index (χ0v) is 9.16. The molecule has 0 unspecified atom stereocenters. The third-order valence-electron chi connectivity index (χ3n) is 1.96. The molecule has 0 saturated carbocycles. The van der Waals surface area contributed by atoms with Gasteiger partial charge in [-0.2, -0.15) is 0 Å². The van der Waals surface area contributed by atoms with Gasteiger partial charge in [0, 0.05) is 30.2 Å². The second-order valence-corrected chi connectivity index (χ2v) is 4.16. The Hall–Kier alpha value is -1.33. The zero-order valence-electron chi connectivity index (χ0n) is 8.34. The molecule has 0 saturated heterocycles. The van der Waals surface area contributed by atoms with Crippen LogP contribution in [0.4, 0.5) is 0 Å². The Kier molecular flexibility index (Phi) is 3.03. The molecule has 0 amide bonds. The summed E-state index contributed by atoms with van der Waals surface area (Å²) in [6, 6.07) is 3.87. The van der Waals surface area contributed by atoms with Gasteiger partial charge in [0.2, 0.25) is 0 Å². The van der Waals surface area contributed by atoms with Crippen LogP contribution in [0, 0.1) is 0 Å². The van der Waals surface area contributed by atoms with Crippen LogP contribution in [0.2, 0.25) is 0 Å². The number of aromatic nitrogens is 3. The molecule has 0 aliphatic carbocycles. The van der Waals surface area contributed by atoms with Crippen LogP contribution in [0.5, 0.6) is 0 Å². The first-order chi connectivity index (χ1) is 7.27. The molecule has 2 aromatic rings. The monoisotopic (exact) mass is 220 g/mol. The van der Waals surface area contributed by atoms with Gasteiger partial charge in [-0.25, -0.2) is 9.97 Å². The molecule has 0 bridgehead atoms. The van der Waals surface area contributed by atoms with Crippen molar-refractivity contribution in [2.24, 2.45) is 5.73 Å². The lowest BCUT2D eigenvalue weighted by Crippen LogP contribution is -2.07. The molecule has 0 spiro atoms. The van der Waals surface area contributed by atoms with Crippen molar-refractivity contribution in [1.82, 2.24) is 15.0 Å². The molecule has 3 N–H and O–H groups in total. The highest BCUT2D eigenvalue weighted by molar-refractivity contribution is 7.99. The molecule has 0 fully saturated rings. The smallest absolute Gasteiger partial charge is 0.171 e. The Labute approximate surface area is 92.3 Å². The first-order valence-corrected chi connectivity index (χ1v) is 5.47. The van der Waals surface area contributed by atoms with Crippen molar-refractivity contribution < 1.29 is 0 Å². The van der Waals surface area contributed by atoms with Crippen molar-refractivity contribution in [3.63, 3.8) is 0 Å². The molecule has 2 heterocycles. The van der Waals surface area contributed by atoms with Crippen LogP contribution in [0.1, 0.15) is 18.5 Å². The largest absolute Gasteiger partial charge is 0.339 e. The summed E-state index contributed by atoms with van der Waals surface area (Å²) in [6.45, 7) is 1.95. The predicted octanol–water partition coefficient (Wildman–Crippen LogP) is 1.98. The summed E-state index contributed by atoms with van der Waals surface area (Å²) < 4.78 is 0. The van der Waals surface area contributed by atoms with E-state index in [0.717, 1.165) is 15.7 Å². The minimum Gasteiger partial charge on any atom is -0.339 e. The number of pyridine rings is 1. The van der Waals surface area contributed by atoms with Gasteiger partial charge in [0.1, 0.15) is 5.03 Å². The predicted molar refractivity (Wildman–Crippen MR) is 59.6 cm³/mol. The number of aromatic amines is 1. The average Bonchev–Trinajstić information content (AvgIpc) is 2.71. The van der Waals surface area contributed by atoms with E-state index < -0.39 is 0 Å². The lowest BCUT2D eigenvalue weighted by Gasteiger charge is -2.09. The second-order valence-electron chi connectivity index (χ2n) is 3.18. The summed E-state index contributed by atoms with van der Waals surface area (Å²) in [5.41, 5.74) is 6.90. The number of nitrogens with one attached hydrogen (secondary N) is 1. The zero-order chi connectivity index (χ0) is 10.7. The van der Waals surface area contributed by atoms with Crippen LogP contribution in [-0.2, 0) is 0 Å². The number of H-pyrrole nitrogens is 1.